The molecular weight excluding hydrogens is 379 g/mol. The normalized spacial score (nSPS) is 18.1. The molecule has 0 spiro atoms. The van der Waals surface area contributed by atoms with Crippen LogP contribution in [0, 0.1) is 17.2 Å². The Hall–Kier alpha value is -1.94. The molecule has 1 aliphatic rings. The van der Waals surface area contributed by atoms with E-state index in [9.17, 15) is 4.39 Å². The van der Waals surface area contributed by atoms with Gasteiger partial charge in [-0.25, -0.2) is 4.39 Å². The second-order valence-electron chi connectivity index (χ2n) is 9.16. The van der Waals surface area contributed by atoms with Gasteiger partial charge >= 0.3 is 0 Å². The van der Waals surface area contributed by atoms with E-state index in [0.717, 1.165) is 49.4 Å². The first-order valence-corrected chi connectivity index (χ1v) is 11.1. The van der Waals surface area contributed by atoms with Gasteiger partial charge in [0, 0.05) is 24.7 Å². The maximum Gasteiger partial charge on any atom is 0.123 e. The van der Waals surface area contributed by atoms with Crippen LogP contribution < -0.4 is 5.32 Å². The quantitative estimate of drug-likeness (QED) is 0.510. The Morgan fingerprint density at radius 2 is 1.79 bits per heavy atom. The molecule has 3 rings (SSSR count). The number of para-hydroxylation sites is 1. The van der Waals surface area contributed by atoms with Crippen molar-refractivity contribution < 1.29 is 4.39 Å². The van der Waals surface area contributed by atoms with Crippen molar-refractivity contribution in [1.29, 1.82) is 0 Å². The number of thiocarbonyl (C=S) groups is 1. The summed E-state index contributed by atoms with van der Waals surface area (Å²) in [5.74, 6) is 0.311. The first-order chi connectivity index (χ1) is 13.8. The Bertz CT molecular complexity index is 783. The Labute approximate surface area is 180 Å². The average molecular weight is 413 g/mol. The van der Waals surface area contributed by atoms with Crippen LogP contribution >= 0.6 is 12.2 Å². The highest BCUT2D eigenvalue weighted by Gasteiger charge is 2.37. The lowest BCUT2D eigenvalue weighted by Gasteiger charge is -2.40. The highest BCUT2D eigenvalue weighted by Crippen LogP contribution is 2.33. The minimum Gasteiger partial charge on any atom is -0.383 e. The second-order valence-corrected chi connectivity index (χ2v) is 9.58. The van der Waals surface area contributed by atoms with E-state index < -0.39 is 0 Å². The van der Waals surface area contributed by atoms with E-state index in [0.29, 0.717) is 12.0 Å². The number of aryl methyl sites for hydroxylation is 1. The van der Waals surface area contributed by atoms with Crippen molar-refractivity contribution in [3.05, 3.63) is 66.0 Å². The highest BCUT2D eigenvalue weighted by atomic mass is 32.1. The maximum absolute atomic E-state index is 13.1. The molecule has 1 heterocycles. The van der Waals surface area contributed by atoms with Crippen molar-refractivity contribution in [3.8, 4) is 0 Å². The third-order valence-electron chi connectivity index (χ3n) is 5.93. The highest BCUT2D eigenvalue weighted by molar-refractivity contribution is 7.80. The van der Waals surface area contributed by atoms with E-state index in [1.54, 1.807) is 12.1 Å². The van der Waals surface area contributed by atoms with Gasteiger partial charge in [0.05, 0.1) is 11.0 Å². The number of hydrogen-bond donors (Lipinski definition) is 1. The van der Waals surface area contributed by atoms with Crippen LogP contribution in [0.4, 0.5) is 10.1 Å². The zero-order valence-electron chi connectivity index (χ0n) is 17.8. The lowest BCUT2D eigenvalue weighted by Crippen LogP contribution is -2.49. The Balaban J connectivity index is 1.55. The third-order valence-corrected chi connectivity index (χ3v) is 6.50. The van der Waals surface area contributed by atoms with Crippen LogP contribution in [0.1, 0.15) is 45.6 Å². The molecule has 2 aromatic carbocycles. The molecule has 29 heavy (non-hydrogen) atoms. The fourth-order valence-electron chi connectivity index (χ4n) is 4.20. The summed E-state index contributed by atoms with van der Waals surface area (Å²) in [6, 6.07) is 17.6. The fourth-order valence-corrected chi connectivity index (χ4v) is 4.65. The van der Waals surface area contributed by atoms with E-state index in [2.05, 4.69) is 55.3 Å². The van der Waals surface area contributed by atoms with E-state index >= 15 is 0 Å². The molecule has 1 fully saturated rings. The van der Waals surface area contributed by atoms with Crippen molar-refractivity contribution in [2.75, 3.05) is 18.4 Å². The summed E-state index contributed by atoms with van der Waals surface area (Å²) in [6.07, 6.45) is 4.32. The molecular formula is C25H33FN2S. The lowest BCUT2D eigenvalue weighted by atomic mass is 9.85. The zero-order valence-corrected chi connectivity index (χ0v) is 18.6. The van der Waals surface area contributed by atoms with Gasteiger partial charge in [0.1, 0.15) is 5.82 Å². The second kappa shape index (κ2) is 9.71. The lowest BCUT2D eigenvalue weighted by molar-refractivity contribution is 0.189. The van der Waals surface area contributed by atoms with Crippen LogP contribution in [0.3, 0.4) is 0 Å². The van der Waals surface area contributed by atoms with Crippen LogP contribution in [-0.2, 0) is 6.42 Å². The summed E-state index contributed by atoms with van der Waals surface area (Å²) in [5.41, 5.74) is 2.49. The molecule has 0 aromatic heterocycles. The monoisotopic (exact) mass is 412 g/mol. The van der Waals surface area contributed by atoms with Crippen LogP contribution in [-0.4, -0.2) is 29.0 Å². The SMILES string of the molecule is CC(C)(C)C(CNc1ccccc1)N1CCC(CCCc2ccc(F)cc2)C1=S. The number of benzene rings is 2. The number of halogens is 1. The van der Waals surface area contributed by atoms with Gasteiger partial charge in [0.15, 0.2) is 0 Å². The molecule has 156 valence electrons. The van der Waals surface area contributed by atoms with Crippen molar-refractivity contribution in [3.63, 3.8) is 0 Å². The molecule has 2 unspecified atom stereocenters. The predicted molar refractivity (Wildman–Crippen MR) is 125 cm³/mol. The zero-order chi connectivity index (χ0) is 20.9. The van der Waals surface area contributed by atoms with Crippen molar-refractivity contribution in [2.45, 2.75) is 52.5 Å². The number of nitrogens with one attached hydrogen (secondary N) is 1. The first kappa shape index (κ1) is 21.8. The van der Waals surface area contributed by atoms with E-state index in [1.807, 2.05) is 18.2 Å². The Morgan fingerprint density at radius 3 is 2.45 bits per heavy atom. The van der Waals surface area contributed by atoms with Gasteiger partial charge in [-0.1, -0.05) is 63.3 Å². The smallest absolute Gasteiger partial charge is 0.123 e. The van der Waals surface area contributed by atoms with Gasteiger partial charge in [-0.2, -0.15) is 0 Å². The summed E-state index contributed by atoms with van der Waals surface area (Å²) in [6.45, 7) is 8.83. The summed E-state index contributed by atoms with van der Waals surface area (Å²) in [4.78, 5) is 3.59. The minimum absolute atomic E-state index is 0.134. The molecule has 0 aliphatic carbocycles. The molecule has 1 saturated heterocycles. The Kier molecular flexibility index (Phi) is 7.28. The fraction of sp³-hybridized carbons (Fsp3) is 0.480. The van der Waals surface area contributed by atoms with Crippen molar-refractivity contribution in [1.82, 2.24) is 4.90 Å². The van der Waals surface area contributed by atoms with Gasteiger partial charge < -0.3 is 10.2 Å². The molecule has 4 heteroatoms. The molecule has 0 radical (unpaired) electrons. The van der Waals surface area contributed by atoms with Crippen LogP contribution in [0.15, 0.2) is 54.6 Å². The van der Waals surface area contributed by atoms with Gasteiger partial charge in [-0.15, -0.1) is 0 Å². The molecule has 0 saturated carbocycles. The van der Waals surface area contributed by atoms with Gasteiger partial charge in [0.25, 0.3) is 0 Å². The van der Waals surface area contributed by atoms with Gasteiger partial charge in [-0.3, -0.25) is 0 Å². The van der Waals surface area contributed by atoms with Crippen molar-refractivity contribution >= 4 is 22.9 Å². The molecule has 2 nitrogen and oxygen atoms in total. The molecule has 2 aromatic rings. The largest absolute Gasteiger partial charge is 0.383 e. The Morgan fingerprint density at radius 1 is 1.10 bits per heavy atom. The summed E-state index contributed by atoms with van der Waals surface area (Å²) < 4.78 is 13.1. The molecule has 0 bridgehead atoms. The standard InChI is InChI=1S/C25H33FN2S/c1-25(2,3)23(18-27-22-10-5-4-6-11-22)28-17-16-20(24(28)29)9-7-8-19-12-14-21(26)15-13-19/h4-6,10-15,20,23,27H,7-9,16-18H2,1-3H3. The maximum atomic E-state index is 13.1. The van der Waals surface area contributed by atoms with Crippen LogP contribution in [0.25, 0.3) is 0 Å². The van der Waals surface area contributed by atoms with Gasteiger partial charge in [-0.05, 0) is 60.9 Å². The van der Waals surface area contributed by atoms with Gasteiger partial charge in [0.2, 0.25) is 0 Å². The number of anilines is 1. The number of nitrogens with zero attached hydrogens (tertiary/aromatic N) is 1. The number of likely N-dealkylation sites (tertiary alicyclic amines) is 1. The van der Waals surface area contributed by atoms with Crippen LogP contribution in [0.2, 0.25) is 0 Å². The summed E-state index contributed by atoms with van der Waals surface area (Å²) in [7, 11) is 0. The molecule has 2 atom stereocenters. The minimum atomic E-state index is -0.168. The van der Waals surface area contributed by atoms with Crippen molar-refractivity contribution in [2.24, 2.45) is 11.3 Å². The van der Waals surface area contributed by atoms with E-state index in [1.165, 1.54) is 5.56 Å². The number of rotatable bonds is 8. The van der Waals surface area contributed by atoms with E-state index in [4.69, 9.17) is 12.2 Å². The van der Waals surface area contributed by atoms with Crippen LogP contribution in [0.5, 0.6) is 0 Å². The summed E-state index contributed by atoms with van der Waals surface area (Å²) >= 11 is 5.93. The third kappa shape index (κ3) is 6.02. The molecule has 1 aliphatic heterocycles. The average Bonchev–Trinajstić information content (AvgIpc) is 3.04. The molecule has 0 amide bonds. The predicted octanol–water partition coefficient (Wildman–Crippen LogP) is 6.32. The first-order valence-electron chi connectivity index (χ1n) is 10.7. The number of hydrogen-bond acceptors (Lipinski definition) is 2. The molecule has 1 N–H and O–H groups in total. The van der Waals surface area contributed by atoms with E-state index in [-0.39, 0.29) is 11.2 Å². The topological polar surface area (TPSA) is 15.3 Å². The summed E-state index contributed by atoms with van der Waals surface area (Å²) in [5, 5.41) is 3.60.